The highest BCUT2D eigenvalue weighted by molar-refractivity contribution is 5.33. The van der Waals surface area contributed by atoms with Crippen LogP contribution in [0.4, 0.5) is 4.39 Å². The first-order valence-electron chi connectivity index (χ1n) is 9.85. The number of likely N-dealkylation sites (N-methyl/N-ethyl adjacent to an activating group) is 1. The van der Waals surface area contributed by atoms with Gasteiger partial charge in [0.2, 0.25) is 6.36 Å². The van der Waals surface area contributed by atoms with Crippen LogP contribution in [0.1, 0.15) is 49.4 Å². The maximum absolute atomic E-state index is 13.0. The van der Waals surface area contributed by atoms with Gasteiger partial charge in [0.25, 0.3) is 0 Å². The number of piperazine rings is 1. The van der Waals surface area contributed by atoms with Crippen molar-refractivity contribution in [2.45, 2.75) is 45.6 Å². The van der Waals surface area contributed by atoms with Crippen molar-refractivity contribution in [1.82, 2.24) is 9.80 Å². The highest BCUT2D eigenvalue weighted by atomic mass is 19.1. The standard InChI is InChI=1S/C23H31FN2O/c1-17(2)21-7-5-6-8-22(21)23-16-26(14-13-25(23)4)15-19-9-11-20(12-10-19)27-18(3)24/h5-12,17-18,23H,13-16H2,1-4H3. The molecule has 1 aliphatic rings. The van der Waals surface area contributed by atoms with E-state index < -0.39 is 6.36 Å². The lowest BCUT2D eigenvalue weighted by Gasteiger charge is -2.40. The minimum absolute atomic E-state index is 0.410. The van der Waals surface area contributed by atoms with Crippen LogP contribution in [0.25, 0.3) is 0 Å². The maximum atomic E-state index is 13.0. The van der Waals surface area contributed by atoms with Crippen molar-refractivity contribution < 1.29 is 9.13 Å². The average molecular weight is 371 g/mol. The van der Waals surface area contributed by atoms with Crippen LogP contribution in [0.5, 0.6) is 5.75 Å². The summed E-state index contributed by atoms with van der Waals surface area (Å²) in [5.74, 6) is 1.10. The number of rotatable bonds is 6. The van der Waals surface area contributed by atoms with Gasteiger partial charge in [0.15, 0.2) is 0 Å². The van der Waals surface area contributed by atoms with Crippen molar-refractivity contribution in [2.24, 2.45) is 0 Å². The van der Waals surface area contributed by atoms with Crippen LogP contribution in [0.15, 0.2) is 48.5 Å². The zero-order valence-corrected chi connectivity index (χ0v) is 16.9. The summed E-state index contributed by atoms with van der Waals surface area (Å²) in [5.41, 5.74) is 4.12. The Balaban J connectivity index is 1.70. The average Bonchev–Trinajstić information content (AvgIpc) is 2.64. The van der Waals surface area contributed by atoms with Crippen LogP contribution in [-0.4, -0.2) is 42.8 Å². The molecular formula is C23H31FN2O. The lowest BCUT2D eigenvalue weighted by atomic mass is 9.91. The molecule has 1 heterocycles. The first-order valence-corrected chi connectivity index (χ1v) is 9.85. The fourth-order valence-electron chi connectivity index (χ4n) is 3.87. The highest BCUT2D eigenvalue weighted by Crippen LogP contribution is 2.31. The first kappa shape index (κ1) is 19.8. The van der Waals surface area contributed by atoms with E-state index in [-0.39, 0.29) is 0 Å². The molecule has 0 N–H and O–H groups in total. The third-order valence-electron chi connectivity index (χ3n) is 5.34. The van der Waals surface area contributed by atoms with Gasteiger partial charge >= 0.3 is 0 Å². The predicted octanol–water partition coefficient (Wildman–Crippen LogP) is 4.99. The third-order valence-corrected chi connectivity index (χ3v) is 5.34. The summed E-state index contributed by atoms with van der Waals surface area (Å²) in [7, 11) is 2.23. The van der Waals surface area contributed by atoms with E-state index in [2.05, 4.69) is 55.0 Å². The van der Waals surface area contributed by atoms with E-state index in [1.54, 1.807) is 0 Å². The largest absolute Gasteiger partial charge is 0.461 e. The molecule has 146 valence electrons. The Hall–Kier alpha value is -1.91. The van der Waals surface area contributed by atoms with E-state index in [0.29, 0.717) is 17.7 Å². The van der Waals surface area contributed by atoms with Gasteiger partial charge in [0, 0.05) is 39.1 Å². The second-order valence-electron chi connectivity index (χ2n) is 7.82. The Morgan fingerprint density at radius 1 is 1.04 bits per heavy atom. The van der Waals surface area contributed by atoms with Crippen molar-refractivity contribution >= 4 is 0 Å². The summed E-state index contributed by atoms with van der Waals surface area (Å²) >= 11 is 0. The molecule has 2 unspecified atom stereocenters. The lowest BCUT2D eigenvalue weighted by molar-refractivity contribution is 0.0854. The highest BCUT2D eigenvalue weighted by Gasteiger charge is 2.27. The normalized spacial score (nSPS) is 20.0. The van der Waals surface area contributed by atoms with Gasteiger partial charge in [-0.1, -0.05) is 50.2 Å². The fourth-order valence-corrected chi connectivity index (χ4v) is 3.87. The number of hydrogen-bond donors (Lipinski definition) is 0. The van der Waals surface area contributed by atoms with Crippen LogP contribution < -0.4 is 4.74 Å². The molecule has 27 heavy (non-hydrogen) atoms. The van der Waals surface area contributed by atoms with E-state index in [9.17, 15) is 4.39 Å². The molecule has 3 nitrogen and oxygen atoms in total. The molecule has 1 fully saturated rings. The van der Waals surface area contributed by atoms with Crippen molar-refractivity contribution in [3.63, 3.8) is 0 Å². The number of hydrogen-bond acceptors (Lipinski definition) is 3. The summed E-state index contributed by atoms with van der Waals surface area (Å²) in [4.78, 5) is 4.98. The van der Waals surface area contributed by atoms with E-state index >= 15 is 0 Å². The molecule has 0 amide bonds. The number of halogens is 1. The smallest absolute Gasteiger partial charge is 0.235 e. The van der Waals surface area contributed by atoms with Gasteiger partial charge < -0.3 is 4.74 Å². The third kappa shape index (κ3) is 5.08. The summed E-state index contributed by atoms with van der Waals surface area (Å²) in [6, 6.07) is 17.0. The quantitative estimate of drug-likeness (QED) is 0.712. The van der Waals surface area contributed by atoms with Crippen LogP contribution in [0, 0.1) is 0 Å². The van der Waals surface area contributed by atoms with Crippen LogP contribution >= 0.6 is 0 Å². The van der Waals surface area contributed by atoms with E-state index in [4.69, 9.17) is 4.74 Å². The monoisotopic (exact) mass is 370 g/mol. The second-order valence-corrected chi connectivity index (χ2v) is 7.82. The molecule has 0 saturated carbocycles. The zero-order chi connectivity index (χ0) is 19.4. The van der Waals surface area contributed by atoms with Gasteiger partial charge in [-0.25, -0.2) is 4.39 Å². The topological polar surface area (TPSA) is 15.7 Å². The molecular weight excluding hydrogens is 339 g/mol. The summed E-state index contributed by atoms with van der Waals surface area (Å²) in [6.07, 6.45) is -1.28. The van der Waals surface area contributed by atoms with Gasteiger partial charge in [-0.05, 0) is 41.8 Å². The van der Waals surface area contributed by atoms with Crippen LogP contribution in [0.2, 0.25) is 0 Å². The zero-order valence-electron chi connectivity index (χ0n) is 16.9. The summed E-state index contributed by atoms with van der Waals surface area (Å²) in [6.45, 7) is 9.95. The molecule has 4 heteroatoms. The van der Waals surface area contributed by atoms with Gasteiger partial charge in [-0.15, -0.1) is 0 Å². The van der Waals surface area contributed by atoms with Crippen LogP contribution in [0.3, 0.4) is 0 Å². The molecule has 3 rings (SSSR count). The minimum atomic E-state index is -1.28. The second kappa shape index (κ2) is 8.85. The van der Waals surface area contributed by atoms with Crippen molar-refractivity contribution in [3.8, 4) is 5.75 Å². The molecule has 0 aromatic heterocycles. The lowest BCUT2D eigenvalue weighted by Crippen LogP contribution is -2.46. The molecule has 1 aliphatic heterocycles. The minimum Gasteiger partial charge on any atom is -0.461 e. The Kier molecular flexibility index (Phi) is 6.51. The van der Waals surface area contributed by atoms with E-state index in [1.807, 2.05) is 24.3 Å². The molecule has 0 bridgehead atoms. The summed E-state index contributed by atoms with van der Waals surface area (Å²) < 4.78 is 18.1. The molecule has 0 spiro atoms. The van der Waals surface area contributed by atoms with Gasteiger partial charge in [-0.2, -0.15) is 0 Å². The van der Waals surface area contributed by atoms with E-state index in [1.165, 1.54) is 23.6 Å². The molecule has 0 radical (unpaired) electrons. The Bertz CT molecular complexity index is 729. The predicted molar refractivity (Wildman–Crippen MR) is 109 cm³/mol. The SMILES string of the molecule is CC(F)Oc1ccc(CN2CCN(C)C(c3ccccc3C(C)C)C2)cc1. The van der Waals surface area contributed by atoms with Crippen molar-refractivity contribution in [2.75, 3.05) is 26.7 Å². The summed E-state index contributed by atoms with van der Waals surface area (Å²) in [5, 5.41) is 0. The van der Waals surface area contributed by atoms with Crippen molar-refractivity contribution in [3.05, 3.63) is 65.2 Å². The molecule has 2 aromatic carbocycles. The number of nitrogens with zero attached hydrogens (tertiary/aromatic N) is 2. The number of ether oxygens (including phenoxy) is 1. The van der Waals surface area contributed by atoms with Gasteiger partial charge in [-0.3, -0.25) is 9.80 Å². The van der Waals surface area contributed by atoms with Gasteiger partial charge in [0.1, 0.15) is 5.75 Å². The van der Waals surface area contributed by atoms with E-state index in [0.717, 1.165) is 26.2 Å². The number of alkyl halides is 1. The molecule has 1 saturated heterocycles. The molecule has 0 aliphatic carbocycles. The van der Waals surface area contributed by atoms with Crippen molar-refractivity contribution in [1.29, 1.82) is 0 Å². The van der Waals surface area contributed by atoms with Crippen LogP contribution in [-0.2, 0) is 6.54 Å². The Morgan fingerprint density at radius 2 is 1.74 bits per heavy atom. The number of benzene rings is 2. The Labute approximate surface area is 162 Å². The first-order chi connectivity index (χ1) is 12.9. The molecule has 2 atom stereocenters. The Morgan fingerprint density at radius 3 is 2.41 bits per heavy atom. The maximum Gasteiger partial charge on any atom is 0.235 e. The molecule has 2 aromatic rings. The fraction of sp³-hybridized carbons (Fsp3) is 0.478. The van der Waals surface area contributed by atoms with Gasteiger partial charge in [0.05, 0.1) is 0 Å².